The Balaban J connectivity index is 1.57. The van der Waals surface area contributed by atoms with Crippen LogP contribution in [0.3, 0.4) is 0 Å². The van der Waals surface area contributed by atoms with Gasteiger partial charge in [0.2, 0.25) is 0 Å². The predicted molar refractivity (Wildman–Crippen MR) is 103 cm³/mol. The third-order valence-electron chi connectivity index (χ3n) is 5.08. The summed E-state index contributed by atoms with van der Waals surface area (Å²) < 4.78 is 20.5. The fourth-order valence-electron chi connectivity index (χ4n) is 3.59. The van der Waals surface area contributed by atoms with Crippen molar-refractivity contribution in [2.45, 2.75) is 31.7 Å². The highest BCUT2D eigenvalue weighted by Gasteiger charge is 2.24. The molecule has 6 heteroatoms. The van der Waals surface area contributed by atoms with Crippen LogP contribution in [-0.2, 0) is 11.8 Å². The van der Waals surface area contributed by atoms with E-state index in [9.17, 15) is 9.18 Å². The van der Waals surface area contributed by atoms with Crippen molar-refractivity contribution in [1.29, 1.82) is 0 Å². The molecule has 5 nitrogen and oxygen atoms in total. The minimum absolute atomic E-state index is 0.0779. The van der Waals surface area contributed by atoms with Crippen molar-refractivity contribution >= 4 is 5.91 Å². The average molecular weight is 373 g/mol. The zero-order chi connectivity index (χ0) is 19.1. The van der Waals surface area contributed by atoms with Gasteiger partial charge in [0, 0.05) is 25.5 Å². The summed E-state index contributed by atoms with van der Waals surface area (Å²) in [5, 5.41) is 3.00. The van der Waals surface area contributed by atoms with Gasteiger partial charge in [-0.25, -0.2) is 4.39 Å². The summed E-state index contributed by atoms with van der Waals surface area (Å²) in [4.78, 5) is 14.7. The van der Waals surface area contributed by atoms with Gasteiger partial charge in [-0.2, -0.15) is 0 Å². The molecule has 27 heavy (non-hydrogen) atoms. The van der Waals surface area contributed by atoms with E-state index >= 15 is 0 Å². The molecule has 3 rings (SSSR count). The number of likely N-dealkylation sites (tertiary alicyclic amines) is 1. The number of amides is 1. The second-order valence-corrected chi connectivity index (χ2v) is 7.06. The quantitative estimate of drug-likeness (QED) is 0.810. The first-order valence-electron chi connectivity index (χ1n) is 9.64. The second kappa shape index (κ2) is 9.55. The molecule has 1 unspecified atom stereocenters. The SMILES string of the molecule is Cn1cccc1C(CNC(=O)COc1ccc(F)cc1)N1CCCCCC1. The van der Waals surface area contributed by atoms with Crippen molar-refractivity contribution in [3.05, 3.63) is 54.1 Å². The number of hydrogen-bond acceptors (Lipinski definition) is 3. The van der Waals surface area contributed by atoms with E-state index in [1.807, 2.05) is 19.3 Å². The lowest BCUT2D eigenvalue weighted by Crippen LogP contribution is -2.40. The maximum absolute atomic E-state index is 12.9. The summed E-state index contributed by atoms with van der Waals surface area (Å²) in [6.07, 6.45) is 6.98. The topological polar surface area (TPSA) is 46.5 Å². The van der Waals surface area contributed by atoms with Gasteiger partial charge in [-0.3, -0.25) is 9.69 Å². The number of ether oxygens (including phenoxy) is 1. The highest BCUT2D eigenvalue weighted by molar-refractivity contribution is 5.77. The van der Waals surface area contributed by atoms with Gasteiger partial charge in [-0.1, -0.05) is 12.8 Å². The van der Waals surface area contributed by atoms with Crippen molar-refractivity contribution in [2.24, 2.45) is 7.05 Å². The number of halogens is 1. The van der Waals surface area contributed by atoms with Gasteiger partial charge in [-0.15, -0.1) is 0 Å². The largest absolute Gasteiger partial charge is 0.484 e. The minimum Gasteiger partial charge on any atom is -0.484 e. The molecule has 1 N–H and O–H groups in total. The zero-order valence-electron chi connectivity index (χ0n) is 15.9. The summed E-state index contributed by atoms with van der Waals surface area (Å²) in [5.41, 5.74) is 1.21. The standard InChI is InChI=1S/C21H28FN3O2/c1-24-12-6-7-19(24)20(25-13-4-2-3-5-14-25)15-23-21(26)16-27-18-10-8-17(22)9-11-18/h6-12,20H,2-5,13-16H2,1H3,(H,23,26). The number of benzene rings is 1. The van der Waals surface area contributed by atoms with Crippen LogP contribution in [0, 0.1) is 5.82 Å². The number of nitrogens with zero attached hydrogens (tertiary/aromatic N) is 2. The third-order valence-corrected chi connectivity index (χ3v) is 5.08. The smallest absolute Gasteiger partial charge is 0.258 e. The van der Waals surface area contributed by atoms with E-state index < -0.39 is 0 Å². The van der Waals surface area contributed by atoms with Crippen LogP contribution in [0.25, 0.3) is 0 Å². The Kier molecular flexibility index (Phi) is 6.87. The first-order chi connectivity index (χ1) is 13.1. The summed E-state index contributed by atoms with van der Waals surface area (Å²) in [6, 6.07) is 9.99. The molecule has 1 amide bonds. The van der Waals surface area contributed by atoms with E-state index in [1.54, 1.807) is 0 Å². The van der Waals surface area contributed by atoms with Crippen LogP contribution in [0.5, 0.6) is 5.75 Å². The molecule has 1 fully saturated rings. The van der Waals surface area contributed by atoms with Gasteiger partial charge in [0.25, 0.3) is 5.91 Å². The van der Waals surface area contributed by atoms with Crippen LogP contribution in [0.15, 0.2) is 42.6 Å². The number of aromatic nitrogens is 1. The first-order valence-corrected chi connectivity index (χ1v) is 9.64. The maximum Gasteiger partial charge on any atom is 0.258 e. The molecule has 1 aliphatic heterocycles. The molecule has 1 aromatic carbocycles. The lowest BCUT2D eigenvalue weighted by atomic mass is 10.1. The molecule has 0 aliphatic carbocycles. The normalized spacial score (nSPS) is 16.5. The van der Waals surface area contributed by atoms with Gasteiger partial charge in [0.15, 0.2) is 6.61 Å². The fraction of sp³-hybridized carbons (Fsp3) is 0.476. The highest BCUT2D eigenvalue weighted by Crippen LogP contribution is 2.24. The summed E-state index contributed by atoms with van der Waals surface area (Å²) in [5.74, 6) is -0.0129. The van der Waals surface area contributed by atoms with Crippen molar-refractivity contribution < 1.29 is 13.9 Å². The van der Waals surface area contributed by atoms with E-state index in [4.69, 9.17) is 4.74 Å². The van der Waals surface area contributed by atoms with E-state index in [1.165, 1.54) is 55.6 Å². The number of nitrogens with one attached hydrogen (secondary N) is 1. The predicted octanol–water partition coefficient (Wildman–Crippen LogP) is 3.28. The molecule has 1 aliphatic rings. The molecule has 0 bridgehead atoms. The third kappa shape index (κ3) is 5.57. The molecule has 0 saturated carbocycles. The van der Waals surface area contributed by atoms with Gasteiger partial charge >= 0.3 is 0 Å². The summed E-state index contributed by atoms with van der Waals surface area (Å²) >= 11 is 0. The van der Waals surface area contributed by atoms with Crippen LogP contribution < -0.4 is 10.1 Å². The first kappa shape index (κ1) is 19.4. The van der Waals surface area contributed by atoms with Crippen molar-refractivity contribution in [3.63, 3.8) is 0 Å². The monoisotopic (exact) mass is 373 g/mol. The van der Waals surface area contributed by atoms with Crippen LogP contribution in [0.2, 0.25) is 0 Å². The van der Waals surface area contributed by atoms with Gasteiger partial charge in [-0.05, 0) is 62.3 Å². The van der Waals surface area contributed by atoms with Crippen molar-refractivity contribution in [1.82, 2.24) is 14.8 Å². The van der Waals surface area contributed by atoms with Gasteiger partial charge in [0.05, 0.1) is 6.04 Å². The Morgan fingerprint density at radius 2 is 1.85 bits per heavy atom. The van der Waals surface area contributed by atoms with Gasteiger partial charge in [0.1, 0.15) is 11.6 Å². The Bertz CT molecular complexity index is 721. The van der Waals surface area contributed by atoms with E-state index in [2.05, 4.69) is 20.9 Å². The molecule has 1 aromatic heterocycles. The Hall–Kier alpha value is -2.34. The van der Waals surface area contributed by atoms with E-state index in [0.29, 0.717) is 12.3 Å². The van der Waals surface area contributed by atoms with E-state index in [-0.39, 0.29) is 24.4 Å². The molecule has 0 radical (unpaired) electrons. The fourth-order valence-corrected chi connectivity index (χ4v) is 3.59. The molecular weight excluding hydrogens is 345 g/mol. The Morgan fingerprint density at radius 1 is 1.15 bits per heavy atom. The van der Waals surface area contributed by atoms with Crippen molar-refractivity contribution in [2.75, 3.05) is 26.2 Å². The van der Waals surface area contributed by atoms with Crippen LogP contribution in [0.1, 0.15) is 37.4 Å². The lowest BCUT2D eigenvalue weighted by Gasteiger charge is -2.31. The molecule has 0 spiro atoms. The van der Waals surface area contributed by atoms with Crippen LogP contribution >= 0.6 is 0 Å². The molecular formula is C21H28FN3O2. The van der Waals surface area contributed by atoms with Crippen LogP contribution in [-0.4, -0.2) is 41.6 Å². The molecule has 2 heterocycles. The molecule has 146 valence electrons. The van der Waals surface area contributed by atoms with E-state index in [0.717, 1.165) is 13.1 Å². The Labute approximate surface area is 160 Å². The highest BCUT2D eigenvalue weighted by atomic mass is 19.1. The molecule has 1 atom stereocenters. The number of carbonyl (C=O) groups excluding carboxylic acids is 1. The zero-order valence-corrected chi connectivity index (χ0v) is 15.9. The van der Waals surface area contributed by atoms with Crippen molar-refractivity contribution in [3.8, 4) is 5.75 Å². The average Bonchev–Trinajstić information content (AvgIpc) is 2.92. The maximum atomic E-state index is 12.9. The summed E-state index contributed by atoms with van der Waals surface area (Å²) in [7, 11) is 2.04. The van der Waals surface area contributed by atoms with Crippen LogP contribution in [0.4, 0.5) is 4.39 Å². The lowest BCUT2D eigenvalue weighted by molar-refractivity contribution is -0.123. The number of hydrogen-bond donors (Lipinski definition) is 1. The Morgan fingerprint density at radius 3 is 2.48 bits per heavy atom. The number of aryl methyl sites for hydroxylation is 1. The minimum atomic E-state index is -0.324. The number of rotatable bonds is 7. The summed E-state index contributed by atoms with van der Waals surface area (Å²) in [6.45, 7) is 2.57. The molecule has 2 aromatic rings. The number of carbonyl (C=O) groups is 1. The second-order valence-electron chi connectivity index (χ2n) is 7.06. The molecule has 1 saturated heterocycles. The van der Waals surface area contributed by atoms with Gasteiger partial charge < -0.3 is 14.6 Å².